The molecule has 5 heteroatoms. The molecular weight excluding hydrogens is 765 g/mol. The molecule has 215 valence electrons. The summed E-state index contributed by atoms with van der Waals surface area (Å²) in [6.45, 7) is 2.07. The van der Waals surface area contributed by atoms with Crippen LogP contribution in [-0.2, 0) is 20.1 Å². The quantitative estimate of drug-likeness (QED) is 0.132. The van der Waals surface area contributed by atoms with Crippen LogP contribution in [0, 0.1) is 19.1 Å². The second-order valence-electron chi connectivity index (χ2n) is 11.4. The third-order valence-corrected chi connectivity index (χ3v) is 11.6. The number of fused-ring (bicyclic) bond motifs is 3. The molecule has 0 aliphatic carbocycles. The number of benzene rings is 4. The van der Waals surface area contributed by atoms with E-state index in [1.54, 1.807) is 0 Å². The van der Waals surface area contributed by atoms with Crippen LogP contribution in [0.1, 0.15) is 5.56 Å². The van der Waals surface area contributed by atoms with Crippen molar-refractivity contribution in [3.05, 3.63) is 139 Å². The zero-order valence-electron chi connectivity index (χ0n) is 24.7. The van der Waals surface area contributed by atoms with Crippen LogP contribution < -0.4 is 4.40 Å². The topological polar surface area (TPSA) is 38.9 Å². The monoisotopic (exact) mass is 799 g/mol. The first-order valence-corrected chi connectivity index (χ1v) is 21.5. The number of hydrogen-bond acceptors (Lipinski definition) is 3. The molecule has 3 heterocycles. The maximum Gasteiger partial charge on any atom is 0 e. The van der Waals surface area contributed by atoms with Gasteiger partial charge in [-0.3, -0.25) is 0 Å². The number of aryl methyl sites for hydroxylation is 1. The SMILES string of the molecule is Cc1ccnc(-c2[c-]ccc3c2oc2cccc(-c4ccccc4)c23)c1.[CH3][Ge]([CH3])([CH3])[c]1ccc(-c2[c-]cccc2)nc1.[Ir]. The van der Waals surface area contributed by atoms with Gasteiger partial charge in [0, 0.05) is 31.7 Å². The maximum absolute atomic E-state index is 6.27. The van der Waals surface area contributed by atoms with E-state index in [0.717, 1.165) is 44.5 Å². The van der Waals surface area contributed by atoms with Crippen LogP contribution in [0.25, 0.3) is 55.6 Å². The first kappa shape index (κ1) is 30.6. The Morgan fingerprint density at radius 1 is 0.721 bits per heavy atom. The summed E-state index contributed by atoms with van der Waals surface area (Å²) in [5.41, 5.74) is 9.11. The van der Waals surface area contributed by atoms with E-state index in [0.29, 0.717) is 0 Å². The van der Waals surface area contributed by atoms with Gasteiger partial charge >= 0.3 is 99.8 Å². The first-order chi connectivity index (χ1) is 20.4. The summed E-state index contributed by atoms with van der Waals surface area (Å²) in [6, 6.07) is 43.5. The third-order valence-electron chi connectivity index (χ3n) is 7.33. The van der Waals surface area contributed by atoms with E-state index in [4.69, 9.17) is 4.42 Å². The molecule has 4 aromatic carbocycles. The van der Waals surface area contributed by atoms with Gasteiger partial charge in [0.25, 0.3) is 0 Å². The van der Waals surface area contributed by atoms with E-state index < -0.39 is 13.3 Å². The largest absolute Gasteiger partial charge is 0 e. The van der Waals surface area contributed by atoms with Gasteiger partial charge < -0.3 is 9.40 Å². The second-order valence-corrected chi connectivity index (χ2v) is 22.1. The Morgan fingerprint density at radius 2 is 1.53 bits per heavy atom. The Kier molecular flexibility index (Phi) is 9.41. The molecule has 7 rings (SSSR count). The van der Waals surface area contributed by atoms with E-state index in [1.165, 1.54) is 21.1 Å². The van der Waals surface area contributed by atoms with Gasteiger partial charge in [0.2, 0.25) is 0 Å². The van der Waals surface area contributed by atoms with Crippen LogP contribution in [0.3, 0.4) is 0 Å². The van der Waals surface area contributed by atoms with E-state index in [2.05, 4.69) is 101 Å². The fourth-order valence-corrected chi connectivity index (χ4v) is 7.23. The molecule has 7 aromatic rings. The van der Waals surface area contributed by atoms with Gasteiger partial charge in [-0.25, -0.2) is 0 Å². The molecule has 0 unspecified atom stereocenters. The van der Waals surface area contributed by atoms with Crippen LogP contribution >= 0.6 is 0 Å². The molecule has 3 nitrogen and oxygen atoms in total. The summed E-state index contributed by atoms with van der Waals surface area (Å²) >= 11 is -1.72. The van der Waals surface area contributed by atoms with Crippen molar-refractivity contribution in [2.45, 2.75) is 24.2 Å². The molecule has 0 saturated carbocycles. The number of furan rings is 1. The fourth-order valence-electron chi connectivity index (χ4n) is 5.06. The molecule has 0 N–H and O–H groups in total. The van der Waals surface area contributed by atoms with E-state index in [-0.39, 0.29) is 20.1 Å². The van der Waals surface area contributed by atoms with Crippen LogP contribution in [-0.4, -0.2) is 23.2 Å². The Bertz CT molecular complexity index is 1960. The Labute approximate surface area is 269 Å². The zero-order chi connectivity index (χ0) is 29.1. The average Bonchev–Trinajstić information content (AvgIpc) is 3.41. The zero-order valence-corrected chi connectivity index (χ0v) is 29.2. The minimum Gasteiger partial charge on any atom is 0 e. The van der Waals surface area contributed by atoms with Crippen molar-refractivity contribution in [3.63, 3.8) is 0 Å². The summed E-state index contributed by atoms with van der Waals surface area (Å²) in [4.78, 5) is 9.05. The standard InChI is InChI=1S/C24H16NO.C14H16GeN.Ir/c1-16-13-14-25-21(15-16)19-10-5-11-20-23-18(17-7-3-2-4-8-17)9-6-12-22(23)26-24(19)20;1-15(2,3)13-9-10-14(16-11-13)12-7-5-4-6-8-12;/h2-9,11-15H,1H3;4-7,9-11H,1-3H3;/q2*-1;. The smallest absolute Gasteiger partial charge is 0 e. The number of rotatable bonds is 4. The van der Waals surface area contributed by atoms with E-state index in [1.807, 2.05) is 67.0 Å². The predicted octanol–water partition coefficient (Wildman–Crippen LogP) is 9.52. The van der Waals surface area contributed by atoms with Gasteiger partial charge in [-0.05, 0) is 35.9 Å². The Hall–Kier alpha value is -3.83. The number of aromatic nitrogens is 2. The van der Waals surface area contributed by atoms with Crippen molar-refractivity contribution < 1.29 is 24.5 Å². The first-order valence-electron chi connectivity index (χ1n) is 14.2. The molecule has 0 bridgehead atoms. The van der Waals surface area contributed by atoms with Crippen LogP contribution in [0.2, 0.25) is 17.3 Å². The molecule has 43 heavy (non-hydrogen) atoms. The minimum atomic E-state index is -1.72. The molecule has 1 radical (unpaired) electrons. The Morgan fingerprint density at radius 3 is 2.23 bits per heavy atom. The van der Waals surface area contributed by atoms with Crippen LogP contribution in [0.5, 0.6) is 0 Å². The molecule has 0 fully saturated rings. The van der Waals surface area contributed by atoms with Gasteiger partial charge in [0.1, 0.15) is 5.58 Å². The third kappa shape index (κ3) is 6.73. The Balaban J connectivity index is 0.000000188. The van der Waals surface area contributed by atoms with Gasteiger partial charge in [-0.15, -0.1) is 18.2 Å². The summed E-state index contributed by atoms with van der Waals surface area (Å²) in [5.74, 6) is 7.14. The van der Waals surface area contributed by atoms with Crippen molar-refractivity contribution in [2.75, 3.05) is 0 Å². The van der Waals surface area contributed by atoms with Crippen molar-refractivity contribution >= 4 is 39.6 Å². The molecule has 0 aliphatic heterocycles. The normalized spacial score (nSPS) is 11.1. The molecule has 0 saturated heterocycles. The summed E-state index contributed by atoms with van der Waals surface area (Å²) in [5, 5.41) is 2.23. The number of hydrogen-bond donors (Lipinski definition) is 0. The fraction of sp³-hybridized carbons (Fsp3) is 0.105. The van der Waals surface area contributed by atoms with Crippen molar-refractivity contribution in [3.8, 4) is 33.6 Å². The minimum absolute atomic E-state index is 0. The molecular formula is C38H32GeIrN2O-2. The van der Waals surface area contributed by atoms with Gasteiger partial charge in [0.15, 0.2) is 0 Å². The molecule has 0 aliphatic rings. The second kappa shape index (κ2) is 13.2. The van der Waals surface area contributed by atoms with E-state index >= 15 is 0 Å². The predicted molar refractivity (Wildman–Crippen MR) is 177 cm³/mol. The average molecular weight is 798 g/mol. The molecule has 0 atom stereocenters. The van der Waals surface area contributed by atoms with Gasteiger partial charge in [-0.2, -0.15) is 0 Å². The van der Waals surface area contributed by atoms with Crippen LogP contribution in [0.15, 0.2) is 126 Å². The summed E-state index contributed by atoms with van der Waals surface area (Å²) in [7, 11) is 0. The number of pyridine rings is 2. The maximum atomic E-state index is 6.27. The van der Waals surface area contributed by atoms with Gasteiger partial charge in [-0.1, -0.05) is 65.0 Å². The molecule has 0 spiro atoms. The summed E-state index contributed by atoms with van der Waals surface area (Å²) < 4.78 is 7.71. The molecule has 3 aromatic heterocycles. The van der Waals surface area contributed by atoms with Gasteiger partial charge in [0.05, 0.1) is 5.58 Å². The van der Waals surface area contributed by atoms with Crippen molar-refractivity contribution in [1.82, 2.24) is 9.97 Å². The van der Waals surface area contributed by atoms with Crippen molar-refractivity contribution in [1.29, 1.82) is 0 Å². The van der Waals surface area contributed by atoms with E-state index in [9.17, 15) is 0 Å². The molecule has 0 amide bonds. The van der Waals surface area contributed by atoms with Crippen molar-refractivity contribution in [2.24, 2.45) is 0 Å². The van der Waals surface area contributed by atoms with Crippen LogP contribution in [0.4, 0.5) is 0 Å². The summed E-state index contributed by atoms with van der Waals surface area (Å²) in [6.07, 6.45) is 3.87. The number of nitrogens with zero attached hydrogens (tertiary/aromatic N) is 2.